The number of hydrogen-bond acceptors (Lipinski definition) is 4. The summed E-state index contributed by atoms with van der Waals surface area (Å²) >= 11 is 0. The second-order valence-electron chi connectivity index (χ2n) is 6.42. The smallest absolute Gasteiger partial charge is 0.261 e. The zero-order valence-corrected chi connectivity index (χ0v) is 16.7. The SMILES string of the molecule is CC[C@H](Oc1cccc(C)c1)C(=O)N[C@H](CC)c1ccc(OC)c(OC)c1. The normalized spacial score (nSPS) is 12.8. The van der Waals surface area contributed by atoms with Crippen molar-refractivity contribution in [3.63, 3.8) is 0 Å². The lowest BCUT2D eigenvalue weighted by atomic mass is 10.0. The maximum atomic E-state index is 12.8. The van der Waals surface area contributed by atoms with Gasteiger partial charge in [0.25, 0.3) is 5.91 Å². The van der Waals surface area contributed by atoms with E-state index in [-0.39, 0.29) is 11.9 Å². The fourth-order valence-electron chi connectivity index (χ4n) is 2.93. The minimum Gasteiger partial charge on any atom is -0.493 e. The van der Waals surface area contributed by atoms with Crippen LogP contribution in [0.3, 0.4) is 0 Å². The molecule has 0 saturated heterocycles. The fourth-order valence-corrected chi connectivity index (χ4v) is 2.93. The van der Waals surface area contributed by atoms with Crippen molar-refractivity contribution >= 4 is 5.91 Å². The molecule has 0 radical (unpaired) electrons. The van der Waals surface area contributed by atoms with Gasteiger partial charge in [0.1, 0.15) is 5.75 Å². The third kappa shape index (κ3) is 5.39. The predicted molar refractivity (Wildman–Crippen MR) is 107 cm³/mol. The zero-order valence-electron chi connectivity index (χ0n) is 16.7. The van der Waals surface area contributed by atoms with Gasteiger partial charge in [-0.15, -0.1) is 0 Å². The summed E-state index contributed by atoms with van der Waals surface area (Å²) in [6, 6.07) is 13.3. The third-order valence-corrected chi connectivity index (χ3v) is 4.47. The van der Waals surface area contributed by atoms with Gasteiger partial charge in [-0.2, -0.15) is 0 Å². The second-order valence-corrected chi connectivity index (χ2v) is 6.42. The van der Waals surface area contributed by atoms with E-state index in [1.54, 1.807) is 14.2 Å². The van der Waals surface area contributed by atoms with E-state index in [0.717, 1.165) is 17.5 Å². The number of aryl methyl sites for hydroxylation is 1. The monoisotopic (exact) mass is 371 g/mol. The molecule has 1 amide bonds. The quantitative estimate of drug-likeness (QED) is 0.708. The largest absolute Gasteiger partial charge is 0.493 e. The summed E-state index contributed by atoms with van der Waals surface area (Å²) in [5, 5.41) is 3.10. The van der Waals surface area contributed by atoms with Crippen LogP contribution in [0.5, 0.6) is 17.2 Å². The second kappa shape index (κ2) is 9.86. The molecule has 5 nitrogen and oxygen atoms in total. The number of nitrogens with one attached hydrogen (secondary N) is 1. The van der Waals surface area contributed by atoms with Crippen molar-refractivity contribution in [2.75, 3.05) is 14.2 Å². The highest BCUT2D eigenvalue weighted by atomic mass is 16.5. The van der Waals surface area contributed by atoms with Crippen LogP contribution in [-0.2, 0) is 4.79 Å². The maximum absolute atomic E-state index is 12.8. The highest BCUT2D eigenvalue weighted by molar-refractivity contribution is 5.81. The van der Waals surface area contributed by atoms with Crippen LogP contribution in [0, 0.1) is 6.92 Å². The molecule has 1 N–H and O–H groups in total. The third-order valence-electron chi connectivity index (χ3n) is 4.47. The van der Waals surface area contributed by atoms with Gasteiger partial charge < -0.3 is 19.5 Å². The first kappa shape index (κ1) is 20.6. The first-order valence-corrected chi connectivity index (χ1v) is 9.27. The van der Waals surface area contributed by atoms with Crippen molar-refractivity contribution in [2.45, 2.75) is 45.8 Å². The van der Waals surface area contributed by atoms with Crippen LogP contribution < -0.4 is 19.5 Å². The molecule has 27 heavy (non-hydrogen) atoms. The lowest BCUT2D eigenvalue weighted by Crippen LogP contribution is -2.39. The molecule has 0 aliphatic carbocycles. The Hall–Kier alpha value is -2.69. The lowest BCUT2D eigenvalue weighted by Gasteiger charge is -2.23. The van der Waals surface area contributed by atoms with Crippen molar-refractivity contribution in [1.29, 1.82) is 0 Å². The zero-order chi connectivity index (χ0) is 19.8. The molecule has 0 saturated carbocycles. The van der Waals surface area contributed by atoms with E-state index in [0.29, 0.717) is 23.7 Å². The van der Waals surface area contributed by atoms with Gasteiger partial charge in [0.2, 0.25) is 0 Å². The minimum absolute atomic E-state index is 0.124. The van der Waals surface area contributed by atoms with E-state index < -0.39 is 6.10 Å². The van der Waals surface area contributed by atoms with Gasteiger partial charge in [-0.3, -0.25) is 4.79 Å². The highest BCUT2D eigenvalue weighted by Crippen LogP contribution is 2.31. The summed E-state index contributed by atoms with van der Waals surface area (Å²) in [5.74, 6) is 1.89. The van der Waals surface area contributed by atoms with E-state index in [4.69, 9.17) is 14.2 Å². The Morgan fingerprint density at radius 1 is 1.00 bits per heavy atom. The highest BCUT2D eigenvalue weighted by Gasteiger charge is 2.22. The number of rotatable bonds is 9. The predicted octanol–water partition coefficient (Wildman–Crippen LogP) is 4.44. The van der Waals surface area contributed by atoms with Crippen LogP contribution in [0.1, 0.15) is 43.9 Å². The van der Waals surface area contributed by atoms with Crippen LogP contribution in [0.25, 0.3) is 0 Å². The summed E-state index contributed by atoms with van der Waals surface area (Å²) in [6.45, 7) is 5.97. The van der Waals surface area contributed by atoms with Gasteiger partial charge in [0.15, 0.2) is 17.6 Å². The van der Waals surface area contributed by atoms with Crippen LogP contribution in [0.15, 0.2) is 42.5 Å². The van der Waals surface area contributed by atoms with Crippen molar-refractivity contribution in [2.24, 2.45) is 0 Å². The molecule has 146 valence electrons. The van der Waals surface area contributed by atoms with E-state index in [2.05, 4.69) is 5.32 Å². The van der Waals surface area contributed by atoms with Crippen LogP contribution >= 0.6 is 0 Å². The Labute approximate surface area is 161 Å². The van der Waals surface area contributed by atoms with Crippen molar-refractivity contribution in [1.82, 2.24) is 5.32 Å². The summed E-state index contributed by atoms with van der Waals surface area (Å²) in [7, 11) is 3.20. The van der Waals surface area contributed by atoms with Gasteiger partial charge in [0.05, 0.1) is 20.3 Å². The molecule has 0 fully saturated rings. The molecule has 0 heterocycles. The fraction of sp³-hybridized carbons (Fsp3) is 0.409. The molecule has 2 aromatic carbocycles. The van der Waals surface area contributed by atoms with Crippen LogP contribution in [0.4, 0.5) is 0 Å². The molecule has 0 unspecified atom stereocenters. The number of benzene rings is 2. The van der Waals surface area contributed by atoms with Crippen LogP contribution in [-0.4, -0.2) is 26.2 Å². The maximum Gasteiger partial charge on any atom is 0.261 e. The van der Waals surface area contributed by atoms with E-state index in [1.807, 2.05) is 63.2 Å². The minimum atomic E-state index is -0.541. The summed E-state index contributed by atoms with van der Waals surface area (Å²) in [5.41, 5.74) is 2.06. The Morgan fingerprint density at radius 2 is 1.74 bits per heavy atom. The molecule has 0 spiro atoms. The number of ether oxygens (including phenoxy) is 3. The Bertz CT molecular complexity index is 760. The van der Waals surface area contributed by atoms with Gasteiger partial charge in [-0.05, 0) is 55.2 Å². The van der Waals surface area contributed by atoms with E-state index in [1.165, 1.54) is 0 Å². The number of methoxy groups -OCH3 is 2. The van der Waals surface area contributed by atoms with Gasteiger partial charge in [0, 0.05) is 0 Å². The Morgan fingerprint density at radius 3 is 2.33 bits per heavy atom. The molecule has 2 rings (SSSR count). The molecule has 0 aromatic heterocycles. The standard InChI is InChI=1S/C22H29NO4/c1-6-18(16-11-12-20(25-4)21(14-16)26-5)23-22(24)19(7-2)27-17-10-8-9-15(3)13-17/h8-14,18-19H,6-7H2,1-5H3,(H,23,24)/t18-,19+/m1/s1. The topological polar surface area (TPSA) is 56.8 Å². The van der Waals surface area contributed by atoms with E-state index in [9.17, 15) is 4.79 Å². The molecule has 0 aliphatic heterocycles. The molecular weight excluding hydrogens is 342 g/mol. The number of carbonyl (C=O) groups excluding carboxylic acids is 1. The molecular formula is C22H29NO4. The molecule has 5 heteroatoms. The van der Waals surface area contributed by atoms with Crippen molar-refractivity contribution in [3.8, 4) is 17.2 Å². The molecule has 2 atom stereocenters. The Balaban J connectivity index is 2.12. The van der Waals surface area contributed by atoms with Gasteiger partial charge >= 0.3 is 0 Å². The van der Waals surface area contributed by atoms with Crippen molar-refractivity contribution < 1.29 is 19.0 Å². The average molecular weight is 371 g/mol. The first-order chi connectivity index (χ1) is 13.0. The van der Waals surface area contributed by atoms with Gasteiger partial charge in [-0.1, -0.05) is 32.0 Å². The summed E-state index contributed by atoms with van der Waals surface area (Å²) in [4.78, 5) is 12.8. The summed E-state index contributed by atoms with van der Waals surface area (Å²) in [6.07, 6.45) is 0.797. The summed E-state index contributed by atoms with van der Waals surface area (Å²) < 4.78 is 16.6. The van der Waals surface area contributed by atoms with E-state index >= 15 is 0 Å². The number of amides is 1. The van der Waals surface area contributed by atoms with Gasteiger partial charge in [-0.25, -0.2) is 0 Å². The molecule has 0 bridgehead atoms. The number of hydrogen-bond donors (Lipinski definition) is 1. The lowest BCUT2D eigenvalue weighted by molar-refractivity contribution is -0.128. The number of carbonyl (C=O) groups is 1. The Kier molecular flexibility index (Phi) is 7.53. The van der Waals surface area contributed by atoms with Crippen LogP contribution in [0.2, 0.25) is 0 Å². The van der Waals surface area contributed by atoms with Crippen molar-refractivity contribution in [3.05, 3.63) is 53.6 Å². The average Bonchev–Trinajstić information content (AvgIpc) is 2.69. The molecule has 2 aromatic rings. The first-order valence-electron chi connectivity index (χ1n) is 9.27. The molecule has 0 aliphatic rings.